The molecule has 4 nitrogen and oxygen atoms in total. The van der Waals surface area contributed by atoms with Gasteiger partial charge in [0.1, 0.15) is 11.3 Å². The van der Waals surface area contributed by atoms with Crippen LogP contribution in [0.5, 0.6) is 5.88 Å². The van der Waals surface area contributed by atoms with E-state index < -0.39 is 0 Å². The highest BCUT2D eigenvalue weighted by Crippen LogP contribution is 2.29. The minimum absolute atomic E-state index is 0.00916. The smallest absolute Gasteiger partial charge is 0.224 e. The fourth-order valence-electron chi connectivity index (χ4n) is 2.06. The second kappa shape index (κ2) is 4.24. The van der Waals surface area contributed by atoms with Crippen LogP contribution in [0.15, 0.2) is 48.7 Å². The van der Waals surface area contributed by atoms with Crippen LogP contribution in [0.1, 0.15) is 17.3 Å². The third kappa shape index (κ3) is 1.87. The van der Waals surface area contributed by atoms with Crippen LogP contribution in [0, 0.1) is 0 Å². The van der Waals surface area contributed by atoms with Crippen LogP contribution in [0.25, 0.3) is 16.9 Å². The van der Waals surface area contributed by atoms with Gasteiger partial charge in [-0.3, -0.25) is 9.20 Å². The fourth-order valence-corrected chi connectivity index (χ4v) is 2.06. The van der Waals surface area contributed by atoms with E-state index in [2.05, 4.69) is 4.98 Å². The monoisotopic (exact) mass is 252 g/mol. The number of rotatable bonds is 2. The van der Waals surface area contributed by atoms with Crippen molar-refractivity contribution in [3.63, 3.8) is 0 Å². The molecule has 0 fully saturated rings. The first kappa shape index (κ1) is 11.5. The number of Topliss-reactive ketones (excluding diaryl/α,β-unsaturated/α-hetero) is 1. The predicted octanol–water partition coefficient (Wildman–Crippen LogP) is 2.91. The Labute approximate surface area is 110 Å². The lowest BCUT2D eigenvalue weighted by atomic mass is 10.1. The van der Waals surface area contributed by atoms with Crippen molar-refractivity contribution in [3.8, 4) is 17.1 Å². The fraction of sp³-hybridized carbons (Fsp3) is 0.0667. The molecule has 0 saturated heterocycles. The number of carbonyl (C=O) groups excluding carboxylic acids is 1. The summed E-state index contributed by atoms with van der Waals surface area (Å²) in [6.45, 7) is 1.52. The van der Waals surface area contributed by atoms with Crippen molar-refractivity contribution in [2.45, 2.75) is 6.92 Å². The third-order valence-electron chi connectivity index (χ3n) is 3.05. The van der Waals surface area contributed by atoms with E-state index in [9.17, 15) is 9.90 Å². The largest absolute Gasteiger partial charge is 0.493 e. The van der Waals surface area contributed by atoms with Crippen LogP contribution in [-0.2, 0) is 0 Å². The quantitative estimate of drug-likeness (QED) is 0.713. The first-order valence-electron chi connectivity index (χ1n) is 5.94. The maximum atomic E-state index is 11.4. The molecule has 0 radical (unpaired) electrons. The van der Waals surface area contributed by atoms with Crippen molar-refractivity contribution in [3.05, 3.63) is 54.2 Å². The zero-order chi connectivity index (χ0) is 13.4. The van der Waals surface area contributed by atoms with Crippen LogP contribution >= 0.6 is 0 Å². The molecule has 0 unspecified atom stereocenters. The van der Waals surface area contributed by atoms with Crippen molar-refractivity contribution in [2.75, 3.05) is 0 Å². The summed E-state index contributed by atoms with van der Waals surface area (Å²) in [5.74, 6) is 0.0707. The Morgan fingerprint density at radius 3 is 2.79 bits per heavy atom. The van der Waals surface area contributed by atoms with Crippen molar-refractivity contribution in [1.29, 1.82) is 0 Å². The zero-order valence-electron chi connectivity index (χ0n) is 10.4. The number of hydrogen-bond donors (Lipinski definition) is 1. The summed E-state index contributed by atoms with van der Waals surface area (Å²) in [5, 5.41) is 10.2. The minimum atomic E-state index is -0.00916. The van der Waals surface area contributed by atoms with Gasteiger partial charge in [-0.2, -0.15) is 0 Å². The third-order valence-corrected chi connectivity index (χ3v) is 3.05. The van der Waals surface area contributed by atoms with Crippen molar-refractivity contribution >= 4 is 11.4 Å². The second-order valence-electron chi connectivity index (χ2n) is 4.35. The Bertz CT molecular complexity index is 775. The molecule has 1 aromatic carbocycles. The number of carbonyl (C=O) groups is 1. The van der Waals surface area contributed by atoms with Gasteiger partial charge in [0.25, 0.3) is 0 Å². The van der Waals surface area contributed by atoms with Gasteiger partial charge in [0.2, 0.25) is 5.88 Å². The molecule has 0 aliphatic carbocycles. The van der Waals surface area contributed by atoms with Crippen molar-refractivity contribution < 1.29 is 9.90 Å². The SMILES string of the molecule is CC(=O)c1cccc(-c2nc3ccccn3c2O)c1. The van der Waals surface area contributed by atoms with Gasteiger partial charge in [-0.15, -0.1) is 0 Å². The predicted molar refractivity (Wildman–Crippen MR) is 72.3 cm³/mol. The van der Waals surface area contributed by atoms with Crippen LogP contribution < -0.4 is 0 Å². The van der Waals surface area contributed by atoms with E-state index in [0.29, 0.717) is 16.9 Å². The summed E-state index contributed by atoms with van der Waals surface area (Å²) in [4.78, 5) is 15.8. The van der Waals surface area contributed by atoms with E-state index in [0.717, 1.165) is 5.56 Å². The van der Waals surface area contributed by atoms with E-state index in [1.807, 2.05) is 24.3 Å². The number of benzene rings is 1. The number of imidazole rings is 1. The Kier molecular flexibility index (Phi) is 2.56. The Hall–Kier alpha value is -2.62. The van der Waals surface area contributed by atoms with Gasteiger partial charge in [0.05, 0.1) is 0 Å². The lowest BCUT2D eigenvalue weighted by Gasteiger charge is -2.00. The summed E-state index contributed by atoms with van der Waals surface area (Å²) in [5.41, 5.74) is 2.49. The summed E-state index contributed by atoms with van der Waals surface area (Å²) < 4.78 is 1.61. The van der Waals surface area contributed by atoms with Crippen molar-refractivity contribution in [1.82, 2.24) is 9.38 Å². The van der Waals surface area contributed by atoms with Crippen molar-refractivity contribution in [2.24, 2.45) is 0 Å². The molecular formula is C15H12N2O2. The maximum absolute atomic E-state index is 11.4. The molecule has 0 atom stereocenters. The molecule has 3 rings (SSSR count). The minimum Gasteiger partial charge on any atom is -0.493 e. The van der Waals surface area contributed by atoms with E-state index in [1.54, 1.807) is 28.8 Å². The maximum Gasteiger partial charge on any atom is 0.224 e. The summed E-state index contributed by atoms with van der Waals surface area (Å²) in [7, 11) is 0. The van der Waals surface area contributed by atoms with Crippen LogP contribution in [0.2, 0.25) is 0 Å². The van der Waals surface area contributed by atoms with Gasteiger partial charge in [0.15, 0.2) is 5.78 Å². The molecule has 2 aromatic heterocycles. The molecule has 0 bridgehead atoms. The molecule has 1 N–H and O–H groups in total. The van der Waals surface area contributed by atoms with Gasteiger partial charge < -0.3 is 5.11 Å². The first-order chi connectivity index (χ1) is 9.16. The molecule has 0 spiro atoms. The Morgan fingerprint density at radius 2 is 2.05 bits per heavy atom. The highest BCUT2D eigenvalue weighted by atomic mass is 16.3. The molecule has 0 saturated carbocycles. The van der Waals surface area contributed by atoms with E-state index in [4.69, 9.17) is 0 Å². The lowest BCUT2D eigenvalue weighted by molar-refractivity contribution is 0.101. The number of hydrogen-bond acceptors (Lipinski definition) is 3. The summed E-state index contributed by atoms with van der Waals surface area (Å²) >= 11 is 0. The van der Waals surface area contributed by atoms with E-state index in [-0.39, 0.29) is 11.7 Å². The molecule has 0 aliphatic rings. The zero-order valence-corrected chi connectivity index (χ0v) is 10.4. The number of aromatic hydroxyl groups is 1. The topological polar surface area (TPSA) is 54.6 Å². The number of fused-ring (bicyclic) bond motifs is 1. The van der Waals surface area contributed by atoms with Crippen LogP contribution in [0.3, 0.4) is 0 Å². The summed E-state index contributed by atoms with van der Waals surface area (Å²) in [6.07, 6.45) is 1.75. The molecule has 19 heavy (non-hydrogen) atoms. The molecule has 94 valence electrons. The molecule has 3 aromatic rings. The average molecular weight is 252 g/mol. The Balaban J connectivity index is 2.21. The number of aromatic nitrogens is 2. The number of pyridine rings is 1. The molecular weight excluding hydrogens is 240 g/mol. The average Bonchev–Trinajstić information content (AvgIpc) is 2.77. The highest BCUT2D eigenvalue weighted by Gasteiger charge is 2.13. The van der Waals surface area contributed by atoms with Gasteiger partial charge in [-0.05, 0) is 25.1 Å². The number of ketones is 1. The summed E-state index contributed by atoms with van der Waals surface area (Å²) in [6, 6.07) is 12.6. The van der Waals surface area contributed by atoms with Crippen LogP contribution in [0.4, 0.5) is 0 Å². The van der Waals surface area contributed by atoms with E-state index >= 15 is 0 Å². The first-order valence-corrected chi connectivity index (χ1v) is 5.94. The van der Waals surface area contributed by atoms with Gasteiger partial charge in [-0.25, -0.2) is 4.98 Å². The van der Waals surface area contributed by atoms with Crippen LogP contribution in [-0.4, -0.2) is 20.3 Å². The molecule has 2 heterocycles. The van der Waals surface area contributed by atoms with E-state index in [1.165, 1.54) is 6.92 Å². The van der Waals surface area contributed by atoms with Gasteiger partial charge in [0, 0.05) is 17.3 Å². The normalized spacial score (nSPS) is 10.8. The van der Waals surface area contributed by atoms with Gasteiger partial charge in [-0.1, -0.05) is 24.3 Å². The Morgan fingerprint density at radius 1 is 1.21 bits per heavy atom. The molecule has 0 aliphatic heterocycles. The lowest BCUT2D eigenvalue weighted by Crippen LogP contribution is -1.91. The standard InChI is InChI=1S/C15H12N2O2/c1-10(18)11-5-4-6-12(9-11)14-15(19)17-8-3-2-7-13(17)16-14/h2-9,19H,1H3. The molecule has 0 amide bonds. The number of nitrogens with zero attached hydrogens (tertiary/aromatic N) is 2. The molecule has 4 heteroatoms. The second-order valence-corrected chi connectivity index (χ2v) is 4.35. The highest BCUT2D eigenvalue weighted by molar-refractivity contribution is 5.95. The van der Waals surface area contributed by atoms with Gasteiger partial charge >= 0.3 is 0 Å².